The Morgan fingerprint density at radius 2 is 1.82 bits per heavy atom. The molecule has 0 radical (unpaired) electrons. The van der Waals surface area contributed by atoms with E-state index >= 15 is 0 Å². The third kappa shape index (κ3) is 3.76. The van der Waals surface area contributed by atoms with Crippen LogP contribution in [0.3, 0.4) is 0 Å². The Balaban J connectivity index is 1.93. The van der Waals surface area contributed by atoms with Crippen molar-refractivity contribution in [2.24, 2.45) is 0 Å². The fourth-order valence-electron chi connectivity index (χ4n) is 2.28. The van der Waals surface area contributed by atoms with Crippen molar-refractivity contribution in [3.05, 3.63) is 29.8 Å². The molecule has 1 aromatic carbocycles. The summed E-state index contributed by atoms with van der Waals surface area (Å²) in [5.74, 6) is 0. The smallest absolute Gasteiger partial charge is 0.321 e. The van der Waals surface area contributed by atoms with Gasteiger partial charge in [-0.05, 0) is 24.6 Å². The molecular weight excluding hydrogens is 304 g/mol. The zero-order valence-corrected chi connectivity index (χ0v) is 13.9. The molecule has 0 atom stereocenters. The average molecular weight is 326 g/mol. The van der Waals surface area contributed by atoms with E-state index in [0.717, 1.165) is 11.3 Å². The lowest BCUT2D eigenvalue weighted by Gasteiger charge is -2.35. The van der Waals surface area contributed by atoms with Gasteiger partial charge >= 0.3 is 6.03 Å². The molecule has 0 bridgehead atoms. The zero-order chi connectivity index (χ0) is 16.3. The molecule has 122 valence electrons. The van der Waals surface area contributed by atoms with Crippen molar-refractivity contribution in [2.75, 3.05) is 45.6 Å². The van der Waals surface area contributed by atoms with E-state index in [4.69, 9.17) is 0 Å². The topological polar surface area (TPSA) is 73.0 Å². The highest BCUT2D eigenvalue weighted by molar-refractivity contribution is 7.86. The quantitative estimate of drug-likeness (QED) is 0.899. The summed E-state index contributed by atoms with van der Waals surface area (Å²) in [7, 11) is -0.393. The molecule has 1 aromatic rings. The summed E-state index contributed by atoms with van der Waals surface area (Å²) < 4.78 is 26.6. The van der Waals surface area contributed by atoms with Crippen LogP contribution in [0.1, 0.15) is 5.56 Å². The van der Waals surface area contributed by atoms with Crippen molar-refractivity contribution in [1.29, 1.82) is 0 Å². The molecule has 0 saturated carbocycles. The van der Waals surface area contributed by atoms with Gasteiger partial charge in [0.15, 0.2) is 0 Å². The van der Waals surface area contributed by atoms with Crippen LogP contribution in [0.2, 0.25) is 0 Å². The van der Waals surface area contributed by atoms with Gasteiger partial charge in [-0.1, -0.05) is 12.1 Å². The number of carbonyl (C=O) groups is 1. The van der Waals surface area contributed by atoms with Crippen molar-refractivity contribution in [3.8, 4) is 0 Å². The van der Waals surface area contributed by atoms with Crippen LogP contribution >= 0.6 is 0 Å². The Morgan fingerprint density at radius 1 is 1.18 bits per heavy atom. The van der Waals surface area contributed by atoms with E-state index in [1.54, 1.807) is 4.90 Å². The summed E-state index contributed by atoms with van der Waals surface area (Å²) in [6.45, 7) is 3.33. The molecule has 0 aliphatic carbocycles. The standard InChI is InChI=1S/C14H22N4O3S/c1-12-5-4-6-13(11-12)15-14(19)17-7-9-18(10-8-17)22(20,21)16(2)3/h4-6,11H,7-10H2,1-3H3,(H,15,19). The predicted octanol–water partition coefficient (Wildman–Crippen LogP) is 0.951. The highest BCUT2D eigenvalue weighted by atomic mass is 32.2. The molecule has 2 rings (SSSR count). The third-order valence-electron chi connectivity index (χ3n) is 3.58. The van der Waals surface area contributed by atoms with Gasteiger partial charge in [0.25, 0.3) is 10.2 Å². The van der Waals surface area contributed by atoms with Crippen LogP contribution in [0.25, 0.3) is 0 Å². The Morgan fingerprint density at radius 3 is 2.36 bits per heavy atom. The van der Waals surface area contributed by atoms with Gasteiger partial charge in [-0.25, -0.2) is 4.79 Å². The Kier molecular flexibility index (Phi) is 5.05. The highest BCUT2D eigenvalue weighted by Gasteiger charge is 2.30. The van der Waals surface area contributed by atoms with Crippen molar-refractivity contribution >= 4 is 21.9 Å². The lowest BCUT2D eigenvalue weighted by molar-refractivity contribution is 0.182. The second kappa shape index (κ2) is 6.64. The van der Waals surface area contributed by atoms with Gasteiger partial charge in [-0.15, -0.1) is 0 Å². The van der Waals surface area contributed by atoms with E-state index in [2.05, 4.69) is 5.32 Å². The van der Waals surface area contributed by atoms with Gasteiger partial charge in [0.05, 0.1) is 0 Å². The summed E-state index contributed by atoms with van der Waals surface area (Å²) in [6.07, 6.45) is 0. The van der Waals surface area contributed by atoms with Gasteiger partial charge in [0.1, 0.15) is 0 Å². The highest BCUT2D eigenvalue weighted by Crippen LogP contribution is 2.13. The molecular formula is C14H22N4O3S. The number of nitrogens with one attached hydrogen (secondary N) is 1. The van der Waals surface area contributed by atoms with Crippen LogP contribution in [-0.4, -0.2) is 68.2 Å². The number of benzene rings is 1. The van der Waals surface area contributed by atoms with Crippen molar-refractivity contribution in [1.82, 2.24) is 13.5 Å². The summed E-state index contributed by atoms with van der Waals surface area (Å²) in [6, 6.07) is 7.36. The molecule has 1 N–H and O–H groups in total. The zero-order valence-electron chi connectivity index (χ0n) is 13.1. The van der Waals surface area contributed by atoms with Crippen LogP contribution in [0.5, 0.6) is 0 Å². The molecule has 1 saturated heterocycles. The first-order valence-electron chi connectivity index (χ1n) is 7.11. The normalized spacial score (nSPS) is 16.8. The van der Waals surface area contributed by atoms with Gasteiger partial charge in [0.2, 0.25) is 0 Å². The van der Waals surface area contributed by atoms with Gasteiger partial charge in [0, 0.05) is 46.0 Å². The second-order valence-corrected chi connectivity index (χ2v) is 7.62. The Labute approximate surface area is 131 Å². The molecule has 8 heteroatoms. The first-order valence-corrected chi connectivity index (χ1v) is 8.50. The molecule has 0 spiro atoms. The van der Waals surface area contributed by atoms with Crippen LogP contribution < -0.4 is 5.32 Å². The van der Waals surface area contributed by atoms with Crippen molar-refractivity contribution in [2.45, 2.75) is 6.92 Å². The summed E-state index contributed by atoms with van der Waals surface area (Å²) in [4.78, 5) is 13.8. The molecule has 0 aromatic heterocycles. The van der Waals surface area contributed by atoms with Gasteiger partial charge in [-0.2, -0.15) is 17.0 Å². The number of carbonyl (C=O) groups excluding carboxylic acids is 1. The maximum atomic E-state index is 12.2. The molecule has 1 heterocycles. The van der Waals surface area contributed by atoms with Crippen molar-refractivity contribution in [3.63, 3.8) is 0 Å². The van der Waals surface area contributed by atoms with E-state index < -0.39 is 10.2 Å². The number of aryl methyl sites for hydroxylation is 1. The first-order chi connectivity index (χ1) is 10.3. The monoisotopic (exact) mass is 326 g/mol. The molecule has 1 fully saturated rings. The number of hydrogen-bond donors (Lipinski definition) is 1. The minimum absolute atomic E-state index is 0.201. The SMILES string of the molecule is Cc1cccc(NC(=O)N2CCN(S(=O)(=O)N(C)C)CC2)c1. The minimum atomic E-state index is -3.41. The fraction of sp³-hybridized carbons (Fsp3) is 0.500. The molecule has 1 aliphatic rings. The number of urea groups is 1. The maximum absolute atomic E-state index is 12.2. The van der Waals surface area contributed by atoms with E-state index in [1.807, 2.05) is 31.2 Å². The first kappa shape index (κ1) is 16.7. The average Bonchev–Trinajstić information content (AvgIpc) is 2.47. The Hall–Kier alpha value is -1.64. The molecule has 0 unspecified atom stereocenters. The van der Waals surface area contributed by atoms with E-state index in [-0.39, 0.29) is 6.03 Å². The maximum Gasteiger partial charge on any atom is 0.321 e. The van der Waals surface area contributed by atoms with Gasteiger partial charge < -0.3 is 10.2 Å². The van der Waals surface area contributed by atoms with Gasteiger partial charge in [-0.3, -0.25) is 0 Å². The number of piperazine rings is 1. The number of rotatable bonds is 3. The molecule has 1 aliphatic heterocycles. The number of nitrogens with zero attached hydrogens (tertiary/aromatic N) is 3. The fourth-order valence-corrected chi connectivity index (χ4v) is 3.36. The number of amides is 2. The lowest BCUT2D eigenvalue weighted by Crippen LogP contribution is -2.53. The van der Waals surface area contributed by atoms with E-state index in [1.165, 1.54) is 22.7 Å². The predicted molar refractivity (Wildman–Crippen MR) is 86.0 cm³/mol. The molecule has 2 amide bonds. The van der Waals surface area contributed by atoms with E-state index in [9.17, 15) is 13.2 Å². The molecule has 7 nitrogen and oxygen atoms in total. The third-order valence-corrected chi connectivity index (χ3v) is 5.52. The number of hydrogen-bond acceptors (Lipinski definition) is 3. The van der Waals surface area contributed by atoms with Crippen LogP contribution in [0, 0.1) is 6.92 Å². The lowest BCUT2D eigenvalue weighted by atomic mass is 10.2. The minimum Gasteiger partial charge on any atom is -0.322 e. The molecule has 22 heavy (non-hydrogen) atoms. The summed E-state index contributed by atoms with van der Waals surface area (Å²) in [5, 5.41) is 2.84. The van der Waals surface area contributed by atoms with Crippen LogP contribution in [-0.2, 0) is 10.2 Å². The van der Waals surface area contributed by atoms with Crippen molar-refractivity contribution < 1.29 is 13.2 Å². The largest absolute Gasteiger partial charge is 0.322 e. The summed E-state index contributed by atoms with van der Waals surface area (Å²) in [5.41, 5.74) is 1.81. The van der Waals surface area contributed by atoms with Crippen LogP contribution in [0.15, 0.2) is 24.3 Å². The van der Waals surface area contributed by atoms with Crippen LogP contribution in [0.4, 0.5) is 10.5 Å². The Bertz CT molecular complexity index is 637. The van der Waals surface area contributed by atoms with E-state index in [0.29, 0.717) is 26.2 Å². The summed E-state index contributed by atoms with van der Waals surface area (Å²) >= 11 is 0. The number of anilines is 1. The second-order valence-electron chi connectivity index (χ2n) is 5.48.